The molecule has 1 N–H and O–H groups in total. The SMILES string of the molecule is CN(C)S(=O)(=O)c1cc(NC(=O)COC(=O)CC2CCCCC2)ccc1Cl. The summed E-state index contributed by atoms with van der Waals surface area (Å²) < 4.78 is 30.6. The zero-order valence-corrected chi connectivity index (χ0v) is 17.1. The summed E-state index contributed by atoms with van der Waals surface area (Å²) in [5, 5.41) is 2.58. The number of hydrogen-bond acceptors (Lipinski definition) is 5. The van der Waals surface area contributed by atoms with Crippen molar-refractivity contribution in [1.29, 1.82) is 0 Å². The van der Waals surface area contributed by atoms with Crippen molar-refractivity contribution >= 4 is 39.2 Å². The van der Waals surface area contributed by atoms with Crippen LogP contribution in [0.15, 0.2) is 23.1 Å². The molecule has 0 radical (unpaired) electrons. The van der Waals surface area contributed by atoms with Gasteiger partial charge in [0.25, 0.3) is 5.91 Å². The number of carbonyl (C=O) groups is 2. The van der Waals surface area contributed by atoms with Crippen LogP contribution in [-0.4, -0.2) is 45.3 Å². The van der Waals surface area contributed by atoms with Crippen LogP contribution in [0.5, 0.6) is 0 Å². The molecule has 27 heavy (non-hydrogen) atoms. The Balaban J connectivity index is 1.91. The van der Waals surface area contributed by atoms with E-state index in [0.29, 0.717) is 12.3 Å². The van der Waals surface area contributed by atoms with Crippen molar-refractivity contribution in [2.45, 2.75) is 43.4 Å². The minimum atomic E-state index is -3.74. The van der Waals surface area contributed by atoms with E-state index in [9.17, 15) is 18.0 Å². The molecule has 0 atom stereocenters. The first-order chi connectivity index (χ1) is 12.7. The second-order valence-corrected chi connectivity index (χ2v) is 9.38. The summed E-state index contributed by atoms with van der Waals surface area (Å²) in [6.45, 7) is -0.413. The Morgan fingerprint density at radius 2 is 1.89 bits per heavy atom. The largest absolute Gasteiger partial charge is 0.456 e. The Labute approximate surface area is 165 Å². The van der Waals surface area contributed by atoms with E-state index >= 15 is 0 Å². The normalized spacial score (nSPS) is 15.6. The Bertz CT molecular complexity index is 789. The first-order valence-corrected chi connectivity index (χ1v) is 10.7. The van der Waals surface area contributed by atoms with Crippen molar-refractivity contribution in [2.75, 3.05) is 26.0 Å². The zero-order chi connectivity index (χ0) is 20.0. The third-order valence-corrected chi connectivity index (χ3v) is 6.81. The lowest BCUT2D eigenvalue weighted by Crippen LogP contribution is -2.24. The Morgan fingerprint density at radius 3 is 2.52 bits per heavy atom. The summed E-state index contributed by atoms with van der Waals surface area (Å²) in [6, 6.07) is 4.15. The number of carbonyl (C=O) groups excluding carboxylic acids is 2. The van der Waals surface area contributed by atoms with Crippen molar-refractivity contribution in [1.82, 2.24) is 4.31 Å². The fourth-order valence-corrected chi connectivity index (χ4v) is 4.40. The van der Waals surface area contributed by atoms with Crippen molar-refractivity contribution in [3.8, 4) is 0 Å². The second-order valence-electron chi connectivity index (χ2n) is 6.85. The molecule has 1 aromatic rings. The number of rotatable bonds is 7. The molecule has 0 saturated heterocycles. The van der Waals surface area contributed by atoms with E-state index in [0.717, 1.165) is 30.0 Å². The van der Waals surface area contributed by atoms with Crippen LogP contribution in [0.25, 0.3) is 0 Å². The number of nitrogens with zero attached hydrogens (tertiary/aromatic N) is 1. The number of benzene rings is 1. The molecule has 150 valence electrons. The van der Waals surface area contributed by atoms with Gasteiger partial charge in [0, 0.05) is 26.2 Å². The molecule has 0 spiro atoms. The minimum Gasteiger partial charge on any atom is -0.456 e. The maximum atomic E-state index is 12.3. The molecule has 1 saturated carbocycles. The molecule has 1 amide bonds. The van der Waals surface area contributed by atoms with Gasteiger partial charge in [-0.1, -0.05) is 30.9 Å². The van der Waals surface area contributed by atoms with E-state index in [1.165, 1.54) is 38.7 Å². The molecule has 9 heteroatoms. The lowest BCUT2D eigenvalue weighted by Gasteiger charge is -2.20. The number of ether oxygens (including phenoxy) is 1. The van der Waals surface area contributed by atoms with Gasteiger partial charge < -0.3 is 10.1 Å². The number of anilines is 1. The highest BCUT2D eigenvalue weighted by molar-refractivity contribution is 7.89. The lowest BCUT2D eigenvalue weighted by atomic mass is 9.87. The number of amides is 1. The van der Waals surface area contributed by atoms with E-state index in [4.69, 9.17) is 16.3 Å². The monoisotopic (exact) mass is 416 g/mol. The molecule has 1 aliphatic carbocycles. The van der Waals surface area contributed by atoms with Gasteiger partial charge in [0.2, 0.25) is 10.0 Å². The third-order valence-electron chi connectivity index (χ3n) is 4.52. The third kappa shape index (κ3) is 6.19. The molecule has 0 unspecified atom stereocenters. The molecule has 0 heterocycles. The molecule has 1 aliphatic rings. The van der Waals surface area contributed by atoms with Gasteiger partial charge in [0.15, 0.2) is 6.61 Å². The molecule has 1 aromatic carbocycles. The average molecular weight is 417 g/mol. The van der Waals surface area contributed by atoms with Crippen LogP contribution in [0.2, 0.25) is 5.02 Å². The van der Waals surface area contributed by atoms with Gasteiger partial charge in [-0.15, -0.1) is 0 Å². The highest BCUT2D eigenvalue weighted by atomic mass is 35.5. The quantitative estimate of drug-likeness (QED) is 0.689. The van der Waals surface area contributed by atoms with Crippen LogP contribution >= 0.6 is 11.6 Å². The number of halogens is 1. The topological polar surface area (TPSA) is 92.8 Å². The highest BCUT2D eigenvalue weighted by Gasteiger charge is 2.22. The smallest absolute Gasteiger partial charge is 0.306 e. The molecule has 7 nitrogen and oxygen atoms in total. The van der Waals surface area contributed by atoms with E-state index in [1.807, 2.05) is 0 Å². The molecule has 0 aliphatic heterocycles. The van der Waals surface area contributed by atoms with Crippen LogP contribution in [0.1, 0.15) is 38.5 Å². The average Bonchev–Trinajstić information content (AvgIpc) is 2.62. The van der Waals surface area contributed by atoms with Crippen LogP contribution in [0.3, 0.4) is 0 Å². The first-order valence-electron chi connectivity index (χ1n) is 8.87. The van der Waals surface area contributed by atoms with Crippen molar-refractivity contribution in [3.05, 3.63) is 23.2 Å². The Kier molecular flexibility index (Phi) is 7.64. The van der Waals surface area contributed by atoms with Crippen LogP contribution < -0.4 is 5.32 Å². The van der Waals surface area contributed by atoms with E-state index in [2.05, 4.69) is 5.32 Å². The molecule has 0 bridgehead atoms. The van der Waals surface area contributed by atoms with Gasteiger partial charge in [-0.05, 0) is 37.0 Å². The maximum Gasteiger partial charge on any atom is 0.306 e. The summed E-state index contributed by atoms with van der Waals surface area (Å²) in [5.41, 5.74) is 0.258. The number of esters is 1. The van der Waals surface area contributed by atoms with E-state index < -0.39 is 22.5 Å². The summed E-state index contributed by atoms with van der Waals surface area (Å²) in [6.07, 6.45) is 5.85. The van der Waals surface area contributed by atoms with Crippen molar-refractivity contribution in [2.24, 2.45) is 5.92 Å². The van der Waals surface area contributed by atoms with Crippen molar-refractivity contribution < 1.29 is 22.7 Å². The zero-order valence-electron chi connectivity index (χ0n) is 15.5. The maximum absolute atomic E-state index is 12.3. The van der Waals surface area contributed by atoms with Crippen molar-refractivity contribution in [3.63, 3.8) is 0 Å². The Hall–Kier alpha value is -1.64. The second kappa shape index (κ2) is 9.52. The predicted octanol–water partition coefficient (Wildman–Crippen LogP) is 3.04. The highest BCUT2D eigenvalue weighted by Crippen LogP contribution is 2.27. The van der Waals surface area contributed by atoms with Gasteiger partial charge in [-0.3, -0.25) is 9.59 Å². The summed E-state index contributed by atoms with van der Waals surface area (Å²) in [4.78, 5) is 23.8. The number of hydrogen-bond donors (Lipinski definition) is 1. The lowest BCUT2D eigenvalue weighted by molar-refractivity contribution is -0.148. The molecule has 2 rings (SSSR count). The fourth-order valence-electron chi connectivity index (χ4n) is 3.00. The van der Waals surface area contributed by atoms with Crippen LogP contribution in [-0.2, 0) is 24.3 Å². The van der Waals surface area contributed by atoms with Gasteiger partial charge in [0.05, 0.1) is 5.02 Å². The van der Waals surface area contributed by atoms with Gasteiger partial charge in [-0.2, -0.15) is 0 Å². The van der Waals surface area contributed by atoms with E-state index in [1.54, 1.807) is 0 Å². The summed E-state index contributed by atoms with van der Waals surface area (Å²) in [5.74, 6) is -0.587. The molecular weight excluding hydrogens is 392 g/mol. The fraction of sp³-hybridized carbons (Fsp3) is 0.556. The minimum absolute atomic E-state index is 0.0561. The van der Waals surface area contributed by atoms with Gasteiger partial charge >= 0.3 is 5.97 Å². The number of nitrogens with one attached hydrogen (secondary N) is 1. The van der Waals surface area contributed by atoms with Gasteiger partial charge in [-0.25, -0.2) is 12.7 Å². The summed E-state index contributed by atoms with van der Waals surface area (Å²) >= 11 is 5.97. The Morgan fingerprint density at radius 1 is 1.22 bits per heavy atom. The first kappa shape index (κ1) is 21.7. The van der Waals surface area contributed by atoms with Gasteiger partial charge in [0.1, 0.15) is 4.90 Å². The predicted molar refractivity (Wildman–Crippen MR) is 103 cm³/mol. The molecule has 0 aromatic heterocycles. The summed E-state index contributed by atoms with van der Waals surface area (Å²) in [7, 11) is -0.960. The van der Waals surface area contributed by atoms with Crippen LogP contribution in [0, 0.1) is 5.92 Å². The number of sulfonamides is 1. The molecule has 1 fully saturated rings. The standard InChI is InChI=1S/C18H25ClN2O5S/c1-21(2)27(24,25)16-11-14(8-9-15(16)19)20-17(22)12-26-18(23)10-13-6-4-3-5-7-13/h8-9,11,13H,3-7,10,12H2,1-2H3,(H,20,22). The molecular formula is C18H25ClN2O5S. The van der Waals surface area contributed by atoms with E-state index in [-0.39, 0.29) is 21.6 Å². The van der Waals surface area contributed by atoms with Crippen LogP contribution in [0.4, 0.5) is 5.69 Å².